The number of rotatable bonds is 2. The van der Waals surface area contributed by atoms with Crippen molar-refractivity contribution in [2.45, 2.75) is 0 Å². The molecule has 1 heterocycles. The van der Waals surface area contributed by atoms with Gasteiger partial charge in [-0.05, 0) is 51.4 Å². The summed E-state index contributed by atoms with van der Waals surface area (Å²) in [5.74, 6) is 0. The molecular weight excluding hydrogens is 350 g/mol. The monoisotopic (exact) mass is 369 g/mol. The van der Waals surface area contributed by atoms with Crippen molar-refractivity contribution < 1.29 is 0 Å². The lowest BCUT2D eigenvalue weighted by molar-refractivity contribution is 1.18. The second kappa shape index (κ2) is 6.08. The number of hydrogen-bond acceptors (Lipinski definition) is 0. The number of hydrogen-bond donors (Lipinski definition) is 0. The highest BCUT2D eigenvalue weighted by molar-refractivity contribution is 6.28. The van der Waals surface area contributed by atoms with Crippen LogP contribution < -0.4 is 0 Å². The van der Waals surface area contributed by atoms with E-state index in [4.69, 9.17) is 0 Å². The van der Waals surface area contributed by atoms with E-state index in [9.17, 15) is 0 Å². The largest absolute Gasteiger partial charge is 0.309 e. The molecule has 0 amide bonds. The Morgan fingerprint density at radius 2 is 1.07 bits per heavy atom. The van der Waals surface area contributed by atoms with Gasteiger partial charge in [-0.15, -0.1) is 0 Å². The molecule has 0 N–H and O–H groups in total. The summed E-state index contributed by atoms with van der Waals surface area (Å²) in [5, 5.41) is 7.79. The maximum Gasteiger partial charge on any atom is 0.0547 e. The van der Waals surface area contributed by atoms with Crippen LogP contribution in [0, 0.1) is 0 Å². The number of fused-ring (bicyclic) bond motifs is 7. The van der Waals surface area contributed by atoms with Crippen LogP contribution in [0.1, 0.15) is 5.56 Å². The lowest BCUT2D eigenvalue weighted by Crippen LogP contribution is -1.93. The molecule has 6 rings (SSSR count). The van der Waals surface area contributed by atoms with Crippen molar-refractivity contribution >= 4 is 49.4 Å². The Morgan fingerprint density at radius 1 is 0.552 bits per heavy atom. The lowest BCUT2D eigenvalue weighted by Gasteiger charge is -2.09. The molecule has 0 bridgehead atoms. The molecule has 5 aromatic carbocycles. The van der Waals surface area contributed by atoms with Crippen LogP contribution in [0.2, 0.25) is 0 Å². The van der Waals surface area contributed by atoms with E-state index >= 15 is 0 Å². The summed E-state index contributed by atoms with van der Waals surface area (Å²) in [6, 6.07) is 35.0. The Morgan fingerprint density at radius 3 is 1.59 bits per heavy atom. The van der Waals surface area contributed by atoms with Crippen molar-refractivity contribution in [2.75, 3.05) is 0 Å². The highest BCUT2D eigenvalue weighted by atomic mass is 15.0. The van der Waals surface area contributed by atoms with E-state index in [2.05, 4.69) is 108 Å². The highest BCUT2D eigenvalue weighted by Gasteiger charge is 2.16. The van der Waals surface area contributed by atoms with Gasteiger partial charge in [0.1, 0.15) is 0 Å². The predicted octanol–water partition coefficient (Wildman–Crippen LogP) is 7.73. The maximum atomic E-state index is 3.88. The molecule has 0 aliphatic rings. The zero-order valence-corrected chi connectivity index (χ0v) is 16.0. The van der Waals surface area contributed by atoms with Gasteiger partial charge in [0.15, 0.2) is 0 Å². The minimum Gasteiger partial charge on any atom is -0.309 e. The summed E-state index contributed by atoms with van der Waals surface area (Å²) in [4.78, 5) is 0. The lowest BCUT2D eigenvalue weighted by atomic mass is 10.00. The van der Waals surface area contributed by atoms with E-state index in [-0.39, 0.29) is 0 Å². The predicted molar refractivity (Wildman–Crippen MR) is 126 cm³/mol. The Bertz CT molecular complexity index is 1460. The molecule has 0 atom stereocenters. The third kappa shape index (κ3) is 2.28. The van der Waals surface area contributed by atoms with Crippen molar-refractivity contribution in [1.29, 1.82) is 0 Å². The summed E-state index contributed by atoms with van der Waals surface area (Å²) in [6.07, 6.45) is 1.89. The summed E-state index contributed by atoms with van der Waals surface area (Å²) < 4.78 is 2.39. The molecular formula is C28H19N. The average molecular weight is 369 g/mol. The minimum atomic E-state index is 1.13. The number of nitrogens with zero attached hydrogens (tertiary/aromatic N) is 1. The SMILES string of the molecule is C=Cc1ccc(-n2c3ccc4ccccc4c3c3c4ccccc4ccc32)cc1. The first kappa shape index (κ1) is 16.1. The second-order valence-electron chi connectivity index (χ2n) is 7.49. The number of benzene rings is 5. The molecule has 0 radical (unpaired) electrons. The molecule has 0 spiro atoms. The molecule has 1 aromatic heterocycles. The van der Waals surface area contributed by atoms with E-state index in [1.165, 1.54) is 49.0 Å². The van der Waals surface area contributed by atoms with Gasteiger partial charge in [0.05, 0.1) is 11.0 Å². The third-order valence-corrected chi connectivity index (χ3v) is 5.93. The molecule has 136 valence electrons. The molecule has 29 heavy (non-hydrogen) atoms. The fourth-order valence-electron chi connectivity index (χ4n) is 4.59. The van der Waals surface area contributed by atoms with Crippen LogP contribution in [0.5, 0.6) is 0 Å². The van der Waals surface area contributed by atoms with Crippen molar-refractivity contribution in [1.82, 2.24) is 4.57 Å². The standard InChI is InChI=1S/C28H19N/c1-2-19-11-15-22(16-12-19)29-25-17-13-20-7-3-5-9-23(20)27(25)28-24-10-6-4-8-21(24)14-18-26(28)29/h2-18H,1H2. The zero-order valence-electron chi connectivity index (χ0n) is 16.0. The number of aromatic nitrogens is 1. The molecule has 0 unspecified atom stereocenters. The topological polar surface area (TPSA) is 4.93 Å². The van der Waals surface area contributed by atoms with E-state index in [0.717, 1.165) is 5.56 Å². The van der Waals surface area contributed by atoms with Gasteiger partial charge in [-0.25, -0.2) is 0 Å². The molecule has 0 aliphatic heterocycles. The van der Waals surface area contributed by atoms with Crippen molar-refractivity contribution in [3.05, 3.63) is 109 Å². The van der Waals surface area contributed by atoms with Crippen LogP contribution in [0.15, 0.2) is 104 Å². The van der Waals surface area contributed by atoms with E-state index < -0.39 is 0 Å². The van der Waals surface area contributed by atoms with Gasteiger partial charge in [-0.1, -0.05) is 85.5 Å². The van der Waals surface area contributed by atoms with Crippen LogP contribution in [-0.2, 0) is 0 Å². The Kier molecular flexibility index (Phi) is 3.39. The zero-order chi connectivity index (χ0) is 19.4. The summed E-state index contributed by atoms with van der Waals surface area (Å²) in [7, 11) is 0. The van der Waals surface area contributed by atoms with Gasteiger partial charge in [0.25, 0.3) is 0 Å². The van der Waals surface area contributed by atoms with Crippen molar-refractivity contribution in [2.24, 2.45) is 0 Å². The van der Waals surface area contributed by atoms with E-state index in [0.29, 0.717) is 0 Å². The van der Waals surface area contributed by atoms with Crippen LogP contribution in [0.25, 0.3) is 55.1 Å². The smallest absolute Gasteiger partial charge is 0.0547 e. The quantitative estimate of drug-likeness (QED) is 0.294. The maximum absolute atomic E-state index is 3.88. The van der Waals surface area contributed by atoms with Crippen LogP contribution >= 0.6 is 0 Å². The van der Waals surface area contributed by atoms with Gasteiger partial charge in [-0.2, -0.15) is 0 Å². The van der Waals surface area contributed by atoms with Gasteiger partial charge in [0.2, 0.25) is 0 Å². The summed E-state index contributed by atoms with van der Waals surface area (Å²) in [6.45, 7) is 3.88. The van der Waals surface area contributed by atoms with Crippen molar-refractivity contribution in [3.63, 3.8) is 0 Å². The van der Waals surface area contributed by atoms with Gasteiger partial charge in [-0.3, -0.25) is 0 Å². The molecule has 1 heteroatoms. The fraction of sp³-hybridized carbons (Fsp3) is 0. The molecule has 0 aliphatic carbocycles. The Hall–Kier alpha value is -3.84. The first-order valence-electron chi connectivity index (χ1n) is 9.92. The summed E-state index contributed by atoms with van der Waals surface area (Å²) >= 11 is 0. The van der Waals surface area contributed by atoms with Gasteiger partial charge >= 0.3 is 0 Å². The molecule has 6 aromatic rings. The molecule has 0 fully saturated rings. The van der Waals surface area contributed by atoms with Crippen LogP contribution in [0.4, 0.5) is 0 Å². The van der Waals surface area contributed by atoms with Crippen LogP contribution in [-0.4, -0.2) is 4.57 Å². The fourth-order valence-corrected chi connectivity index (χ4v) is 4.59. The first-order valence-corrected chi connectivity index (χ1v) is 9.92. The molecule has 0 saturated carbocycles. The first-order chi connectivity index (χ1) is 14.3. The Labute approximate surface area is 169 Å². The van der Waals surface area contributed by atoms with Gasteiger partial charge < -0.3 is 4.57 Å². The second-order valence-corrected chi connectivity index (χ2v) is 7.49. The van der Waals surface area contributed by atoms with E-state index in [1.54, 1.807) is 0 Å². The Balaban J connectivity index is 1.88. The minimum absolute atomic E-state index is 1.13. The van der Waals surface area contributed by atoms with Gasteiger partial charge in [0, 0.05) is 16.5 Å². The molecule has 1 nitrogen and oxygen atoms in total. The summed E-state index contributed by atoms with van der Waals surface area (Å²) in [5.41, 5.74) is 4.77. The average Bonchev–Trinajstić information content (AvgIpc) is 3.14. The van der Waals surface area contributed by atoms with Crippen molar-refractivity contribution in [3.8, 4) is 5.69 Å². The van der Waals surface area contributed by atoms with Crippen LogP contribution in [0.3, 0.4) is 0 Å². The molecule has 0 saturated heterocycles. The highest BCUT2D eigenvalue weighted by Crippen LogP contribution is 2.40. The normalized spacial score (nSPS) is 11.6. The third-order valence-electron chi connectivity index (χ3n) is 5.93. The van der Waals surface area contributed by atoms with E-state index in [1.807, 2.05) is 6.08 Å².